The van der Waals surface area contributed by atoms with E-state index in [1.165, 1.54) is 29.6 Å². The predicted molar refractivity (Wildman–Crippen MR) is 97.6 cm³/mol. The molecule has 4 rings (SSSR count). The molecule has 3 aromatic rings. The van der Waals surface area contributed by atoms with Gasteiger partial charge in [0.25, 0.3) is 12.3 Å². The zero-order valence-electron chi connectivity index (χ0n) is 15.6. The Morgan fingerprint density at radius 3 is 2.70 bits per heavy atom. The van der Waals surface area contributed by atoms with Crippen molar-refractivity contribution in [3.05, 3.63) is 53.7 Å². The first-order valence-electron chi connectivity index (χ1n) is 8.85. The normalized spacial score (nSPS) is 13.4. The number of alkyl halides is 4. The molecule has 0 radical (unpaired) electrons. The van der Waals surface area contributed by atoms with Crippen molar-refractivity contribution in [2.45, 2.75) is 33.1 Å². The van der Waals surface area contributed by atoms with E-state index < -0.39 is 19.6 Å². The molecule has 0 bridgehead atoms. The first kappa shape index (κ1) is 19.8. The van der Waals surface area contributed by atoms with Gasteiger partial charge in [0.1, 0.15) is 12.3 Å². The maximum atomic E-state index is 12.9. The summed E-state index contributed by atoms with van der Waals surface area (Å²) in [6, 6.07) is 3.04. The lowest BCUT2D eigenvalue weighted by Crippen LogP contribution is -2.23. The number of nitrogens with zero attached hydrogens (tertiary/aromatic N) is 5. The molecule has 0 atom stereocenters. The zero-order valence-corrected chi connectivity index (χ0v) is 15.6. The monoisotopic (exact) mass is 421 g/mol. The lowest BCUT2D eigenvalue weighted by molar-refractivity contribution is -0.0500. The summed E-state index contributed by atoms with van der Waals surface area (Å²) in [5.41, 5.74) is 2.82. The maximum Gasteiger partial charge on any atom is 0.387 e. The lowest BCUT2D eigenvalue weighted by Gasteiger charge is -2.12. The van der Waals surface area contributed by atoms with E-state index in [1.54, 1.807) is 13.0 Å². The number of amides is 1. The van der Waals surface area contributed by atoms with Gasteiger partial charge >= 0.3 is 6.61 Å². The van der Waals surface area contributed by atoms with Crippen molar-refractivity contribution in [1.82, 2.24) is 19.7 Å². The number of aryl methyl sites for hydroxylation is 1. The molecule has 1 amide bonds. The molecule has 30 heavy (non-hydrogen) atoms. The second kappa shape index (κ2) is 7.73. The smallest absolute Gasteiger partial charge is 0.387 e. The molecule has 1 aliphatic rings. The molecule has 11 heteroatoms. The zero-order chi connectivity index (χ0) is 21.4. The number of hydrogen-bond acceptors (Lipinski definition) is 5. The summed E-state index contributed by atoms with van der Waals surface area (Å²) in [5, 5.41) is 3.86. The van der Waals surface area contributed by atoms with Crippen molar-refractivity contribution in [2.24, 2.45) is 0 Å². The van der Waals surface area contributed by atoms with Crippen molar-refractivity contribution in [3.8, 4) is 17.0 Å². The summed E-state index contributed by atoms with van der Waals surface area (Å²) < 4.78 is 55.5. The quantitative estimate of drug-likeness (QED) is 0.568. The first-order chi connectivity index (χ1) is 14.3. The minimum absolute atomic E-state index is 0.105. The van der Waals surface area contributed by atoms with Gasteiger partial charge in [0, 0.05) is 18.0 Å². The van der Waals surface area contributed by atoms with Gasteiger partial charge in [-0.1, -0.05) is 0 Å². The Hall–Kier alpha value is -3.50. The van der Waals surface area contributed by atoms with Crippen LogP contribution in [0, 0.1) is 6.92 Å². The highest BCUT2D eigenvalue weighted by Gasteiger charge is 2.32. The highest BCUT2D eigenvalue weighted by Crippen LogP contribution is 2.32. The minimum atomic E-state index is -2.98. The number of pyridine rings is 2. The van der Waals surface area contributed by atoms with Crippen LogP contribution in [-0.4, -0.2) is 38.7 Å². The molecule has 0 fully saturated rings. The van der Waals surface area contributed by atoms with Crippen LogP contribution in [-0.2, 0) is 13.1 Å². The van der Waals surface area contributed by atoms with Crippen LogP contribution in [0.15, 0.2) is 36.9 Å². The van der Waals surface area contributed by atoms with Crippen molar-refractivity contribution in [1.29, 1.82) is 0 Å². The van der Waals surface area contributed by atoms with Crippen LogP contribution in [0.4, 0.5) is 23.2 Å². The van der Waals surface area contributed by atoms with Gasteiger partial charge in [0.15, 0.2) is 0 Å². The van der Waals surface area contributed by atoms with Gasteiger partial charge in [-0.25, -0.2) is 8.78 Å². The van der Waals surface area contributed by atoms with Crippen LogP contribution in [0.1, 0.15) is 21.6 Å². The number of carbonyl (C=O) groups excluding carboxylic acids is 1. The summed E-state index contributed by atoms with van der Waals surface area (Å²) in [5.74, 6) is -0.419. The van der Waals surface area contributed by atoms with Crippen molar-refractivity contribution in [3.63, 3.8) is 0 Å². The van der Waals surface area contributed by atoms with Gasteiger partial charge in [0.05, 0.1) is 41.6 Å². The number of fused-ring (bicyclic) bond motifs is 1. The third-order valence-corrected chi connectivity index (χ3v) is 4.55. The largest absolute Gasteiger partial charge is 0.433 e. The van der Waals surface area contributed by atoms with Crippen LogP contribution >= 0.6 is 0 Å². The summed E-state index contributed by atoms with van der Waals surface area (Å²) in [4.78, 5) is 22.6. The molecule has 0 saturated carbocycles. The molecule has 1 aliphatic heterocycles. The Morgan fingerprint density at radius 1 is 1.17 bits per heavy atom. The summed E-state index contributed by atoms with van der Waals surface area (Å²) in [6.45, 7) is -1.68. The molecule has 0 N–H and O–H groups in total. The fourth-order valence-corrected chi connectivity index (χ4v) is 3.32. The number of carbonyl (C=O) groups is 1. The summed E-state index contributed by atoms with van der Waals surface area (Å²) >= 11 is 0. The molecular weight excluding hydrogens is 406 g/mol. The molecule has 4 heterocycles. The van der Waals surface area contributed by atoms with Gasteiger partial charge < -0.3 is 4.74 Å². The number of halogens is 4. The van der Waals surface area contributed by atoms with Crippen LogP contribution < -0.4 is 9.64 Å². The Kier molecular flexibility index (Phi) is 5.10. The number of ether oxygens (including phenoxy) is 1. The van der Waals surface area contributed by atoms with E-state index in [-0.39, 0.29) is 18.2 Å². The van der Waals surface area contributed by atoms with Gasteiger partial charge in [-0.15, -0.1) is 0 Å². The SMILES string of the molecule is Cc1cc(-c2cncc(OC(F)F)c2)nc2c1C(=O)N(c1cnn(CC(F)F)c1)C2. The summed E-state index contributed by atoms with van der Waals surface area (Å²) in [6.07, 6.45) is 2.78. The van der Waals surface area contributed by atoms with Crippen molar-refractivity contribution < 1.29 is 27.1 Å². The molecule has 0 spiro atoms. The second-order valence-electron chi connectivity index (χ2n) is 6.64. The van der Waals surface area contributed by atoms with E-state index in [9.17, 15) is 22.4 Å². The van der Waals surface area contributed by atoms with Crippen LogP contribution in [0.2, 0.25) is 0 Å². The standard InChI is InChI=1S/C19H15F4N5O2/c1-10-2-14(11-3-13(6-24-4-11)30-19(22)23)26-15-8-28(18(29)17(10)15)12-5-25-27(7-12)9-16(20)21/h2-7,16,19H,8-9H2,1H3. The third-order valence-electron chi connectivity index (χ3n) is 4.55. The Bertz CT molecular complexity index is 1100. The van der Waals surface area contributed by atoms with Gasteiger partial charge in [-0.2, -0.15) is 13.9 Å². The number of rotatable bonds is 6. The highest BCUT2D eigenvalue weighted by atomic mass is 19.3. The van der Waals surface area contributed by atoms with E-state index in [0.717, 1.165) is 10.9 Å². The molecule has 7 nitrogen and oxygen atoms in total. The fourth-order valence-electron chi connectivity index (χ4n) is 3.32. The lowest BCUT2D eigenvalue weighted by atomic mass is 10.1. The topological polar surface area (TPSA) is 73.1 Å². The third kappa shape index (κ3) is 3.82. The summed E-state index contributed by atoms with van der Waals surface area (Å²) in [7, 11) is 0. The van der Waals surface area contributed by atoms with E-state index in [2.05, 4.69) is 19.8 Å². The average molecular weight is 421 g/mol. The van der Waals surface area contributed by atoms with Gasteiger partial charge in [-0.3, -0.25) is 24.3 Å². The van der Waals surface area contributed by atoms with Crippen LogP contribution in [0.5, 0.6) is 5.75 Å². The minimum Gasteiger partial charge on any atom is -0.433 e. The predicted octanol–water partition coefficient (Wildman–Crippen LogP) is 3.68. The maximum absolute atomic E-state index is 12.9. The Morgan fingerprint density at radius 2 is 1.97 bits per heavy atom. The number of anilines is 1. The van der Waals surface area contributed by atoms with E-state index in [0.29, 0.717) is 33.8 Å². The van der Waals surface area contributed by atoms with Crippen LogP contribution in [0.3, 0.4) is 0 Å². The van der Waals surface area contributed by atoms with Crippen LogP contribution in [0.25, 0.3) is 11.3 Å². The Labute approximate surface area is 167 Å². The molecule has 156 valence electrons. The average Bonchev–Trinajstić information content (AvgIpc) is 3.25. The number of aromatic nitrogens is 4. The Balaban J connectivity index is 1.64. The molecule has 0 aromatic carbocycles. The van der Waals surface area contributed by atoms with E-state index >= 15 is 0 Å². The fraction of sp³-hybridized carbons (Fsp3) is 0.263. The van der Waals surface area contributed by atoms with Crippen molar-refractivity contribution >= 4 is 11.6 Å². The first-order valence-corrected chi connectivity index (χ1v) is 8.85. The second-order valence-corrected chi connectivity index (χ2v) is 6.64. The van der Waals surface area contributed by atoms with E-state index in [1.807, 2.05) is 0 Å². The molecule has 0 unspecified atom stereocenters. The molecule has 0 aliphatic carbocycles. The highest BCUT2D eigenvalue weighted by molar-refractivity contribution is 6.10. The molecular formula is C19H15F4N5O2. The number of hydrogen-bond donors (Lipinski definition) is 0. The van der Waals surface area contributed by atoms with Crippen molar-refractivity contribution in [2.75, 3.05) is 4.90 Å². The van der Waals surface area contributed by atoms with Gasteiger partial charge in [0.2, 0.25) is 0 Å². The van der Waals surface area contributed by atoms with Gasteiger partial charge in [-0.05, 0) is 24.6 Å². The molecule has 0 saturated heterocycles. The molecule has 3 aromatic heterocycles. The van der Waals surface area contributed by atoms with E-state index in [4.69, 9.17) is 0 Å².